The maximum absolute atomic E-state index is 8.35. The Hall–Kier alpha value is -2.80. The normalized spacial score (nSPS) is 9.46. The van der Waals surface area contributed by atoms with Crippen LogP contribution in [0.5, 0.6) is 0 Å². The van der Waals surface area contributed by atoms with E-state index in [9.17, 15) is 0 Å². The molecule has 0 aliphatic rings. The number of rotatable bonds is 7. The Morgan fingerprint density at radius 2 is 1.12 bits per heavy atom. The average molecular weight is 352 g/mol. The molecule has 138 valence electrons. The summed E-state index contributed by atoms with van der Waals surface area (Å²) in [7, 11) is 0. The molecule has 0 spiro atoms. The van der Waals surface area contributed by atoms with Crippen molar-refractivity contribution in [1.82, 2.24) is 0 Å². The molecule has 2 aromatic rings. The zero-order valence-electron chi connectivity index (χ0n) is 15.6. The van der Waals surface area contributed by atoms with Gasteiger partial charge in [-0.2, -0.15) is 0 Å². The zero-order chi connectivity index (χ0) is 19.7. The Kier molecular flexibility index (Phi) is 13.0. The first-order valence-corrected chi connectivity index (χ1v) is 8.85. The van der Waals surface area contributed by atoms with Gasteiger partial charge in [-0.25, -0.2) is 20.4 Å². The smallest absolute Gasteiger partial charge is 0.222 e. The fraction of sp³-hybridized carbons (Fsp3) is 0.364. The predicted molar refractivity (Wildman–Crippen MR) is 105 cm³/mol. The van der Waals surface area contributed by atoms with Gasteiger partial charge in [-0.3, -0.25) is 0 Å². The van der Waals surface area contributed by atoms with Gasteiger partial charge in [0.25, 0.3) is 0 Å². The minimum absolute atomic E-state index is 0.188. The molecule has 0 amide bonds. The van der Waals surface area contributed by atoms with E-state index in [0.717, 1.165) is 12.2 Å². The molecule has 0 unspecified atom stereocenters. The molecule has 2 N–H and O–H groups in total. The highest BCUT2D eigenvalue weighted by atomic mass is 16.1. The molecule has 2 aromatic carbocycles. The van der Waals surface area contributed by atoms with Crippen LogP contribution in [0.15, 0.2) is 60.7 Å². The zero-order valence-corrected chi connectivity index (χ0v) is 15.6. The number of isocyanates is 2. The molecule has 0 aliphatic carbocycles. The summed E-state index contributed by atoms with van der Waals surface area (Å²) in [6.45, 7) is 4.58. The average Bonchev–Trinajstić information content (AvgIpc) is 2.68. The summed E-state index contributed by atoms with van der Waals surface area (Å²) < 4.78 is 0. The van der Waals surface area contributed by atoms with E-state index in [1.54, 1.807) is 0 Å². The molecule has 0 aliphatic heterocycles. The molecule has 0 fully saturated rings. The van der Waals surface area contributed by atoms with Crippen LogP contribution in [0, 0.1) is 10.8 Å². The predicted octanol–water partition coefficient (Wildman–Crippen LogP) is 5.76. The molecule has 0 saturated heterocycles. The second kappa shape index (κ2) is 14.5. The number of benzene rings is 2. The number of nitrogens with one attached hydrogen (secondary N) is 2. The molecule has 0 radical (unpaired) electrons. The van der Waals surface area contributed by atoms with Gasteiger partial charge in [0.15, 0.2) is 0 Å². The van der Waals surface area contributed by atoms with Crippen LogP contribution >= 0.6 is 0 Å². The van der Waals surface area contributed by atoms with Crippen molar-refractivity contribution in [3.05, 3.63) is 71.8 Å². The van der Waals surface area contributed by atoms with Gasteiger partial charge in [-0.05, 0) is 24.0 Å². The Morgan fingerprint density at radius 1 is 0.731 bits per heavy atom. The highest BCUT2D eigenvalue weighted by Gasteiger charge is 2.32. The van der Waals surface area contributed by atoms with E-state index < -0.39 is 0 Å². The Bertz CT molecular complexity index is 606. The van der Waals surface area contributed by atoms with Crippen molar-refractivity contribution in [1.29, 1.82) is 10.8 Å². The molecular weight excluding hydrogens is 324 g/mol. The lowest BCUT2D eigenvalue weighted by Crippen LogP contribution is -2.27. The van der Waals surface area contributed by atoms with Crippen molar-refractivity contribution in [3.8, 4) is 0 Å². The van der Waals surface area contributed by atoms with E-state index >= 15 is 0 Å². The third kappa shape index (κ3) is 7.40. The molecule has 0 saturated carbocycles. The number of carbonyl (C=O) groups excluding carboxylic acids is 2. The van der Waals surface area contributed by atoms with E-state index in [-0.39, 0.29) is 5.41 Å². The van der Waals surface area contributed by atoms with Crippen LogP contribution in [0.3, 0.4) is 0 Å². The highest BCUT2D eigenvalue weighted by molar-refractivity contribution is 5.39. The largest absolute Gasteiger partial charge is 0.231 e. The topological polar surface area (TPSA) is 81.8 Å². The third-order valence-electron chi connectivity index (χ3n) is 4.29. The second-order valence-electron chi connectivity index (χ2n) is 5.87. The van der Waals surface area contributed by atoms with Crippen LogP contribution in [0.25, 0.3) is 0 Å². The fourth-order valence-corrected chi connectivity index (χ4v) is 3.29. The standard InChI is InChI=1S/C20H26.2CHNO/c1-3-5-17-20(16-4-2,18-12-8-6-9-13-18)19-14-10-7-11-15-19;2*2-1-3/h6-15H,3-5,16-17H2,1-2H3;2*2H. The van der Waals surface area contributed by atoms with Gasteiger partial charge in [-0.15, -0.1) is 0 Å². The van der Waals surface area contributed by atoms with Gasteiger partial charge in [0.2, 0.25) is 12.2 Å². The van der Waals surface area contributed by atoms with Crippen molar-refractivity contribution in [2.24, 2.45) is 0 Å². The van der Waals surface area contributed by atoms with Crippen molar-refractivity contribution >= 4 is 12.2 Å². The molecule has 0 heterocycles. The second-order valence-corrected chi connectivity index (χ2v) is 5.87. The van der Waals surface area contributed by atoms with Crippen LogP contribution in [0.2, 0.25) is 0 Å². The third-order valence-corrected chi connectivity index (χ3v) is 4.29. The van der Waals surface area contributed by atoms with Gasteiger partial charge < -0.3 is 0 Å². The number of hydrogen-bond acceptors (Lipinski definition) is 4. The van der Waals surface area contributed by atoms with Crippen LogP contribution in [0.4, 0.5) is 0 Å². The molecule has 2 rings (SSSR count). The minimum atomic E-state index is 0.188. The summed E-state index contributed by atoms with van der Waals surface area (Å²) in [6.07, 6.45) is 7.72. The fourth-order valence-electron chi connectivity index (χ4n) is 3.29. The Balaban J connectivity index is 0.000000918. The Morgan fingerprint density at radius 3 is 1.42 bits per heavy atom. The van der Waals surface area contributed by atoms with Gasteiger partial charge in [0.1, 0.15) is 0 Å². The van der Waals surface area contributed by atoms with Crippen LogP contribution < -0.4 is 0 Å². The first-order chi connectivity index (χ1) is 12.7. The minimum Gasteiger partial charge on any atom is -0.222 e. The van der Waals surface area contributed by atoms with Gasteiger partial charge in [-0.1, -0.05) is 93.8 Å². The summed E-state index contributed by atoms with van der Waals surface area (Å²) >= 11 is 0. The lowest BCUT2D eigenvalue weighted by Gasteiger charge is -2.35. The summed E-state index contributed by atoms with van der Waals surface area (Å²) in [5.41, 5.74) is 3.14. The molecule has 0 atom stereocenters. The quantitative estimate of drug-likeness (QED) is 0.490. The molecule has 4 heteroatoms. The van der Waals surface area contributed by atoms with E-state index in [4.69, 9.17) is 20.4 Å². The van der Waals surface area contributed by atoms with Crippen LogP contribution in [-0.4, -0.2) is 12.2 Å². The lowest BCUT2D eigenvalue weighted by atomic mass is 9.68. The van der Waals surface area contributed by atoms with Crippen LogP contribution in [0.1, 0.15) is 57.1 Å². The maximum Gasteiger partial charge on any atom is 0.231 e. The molecule has 0 bridgehead atoms. The number of hydrogen-bond donors (Lipinski definition) is 2. The van der Waals surface area contributed by atoms with E-state index in [1.807, 2.05) is 0 Å². The lowest BCUT2D eigenvalue weighted by molar-refractivity contribution is 0.415. The molecule has 26 heavy (non-hydrogen) atoms. The van der Waals surface area contributed by atoms with Gasteiger partial charge in [0, 0.05) is 5.41 Å². The summed E-state index contributed by atoms with van der Waals surface area (Å²) in [5.74, 6) is 0. The molecule has 4 nitrogen and oxygen atoms in total. The Labute approximate surface area is 156 Å². The van der Waals surface area contributed by atoms with E-state index in [1.165, 1.54) is 43.2 Å². The van der Waals surface area contributed by atoms with Crippen molar-refractivity contribution < 1.29 is 9.59 Å². The van der Waals surface area contributed by atoms with Crippen LogP contribution in [-0.2, 0) is 15.0 Å². The first-order valence-electron chi connectivity index (χ1n) is 8.85. The maximum atomic E-state index is 8.35. The molecular formula is C22H28N2O2. The summed E-state index contributed by atoms with van der Waals surface area (Å²) in [4.78, 5) is 16.7. The van der Waals surface area contributed by atoms with Crippen molar-refractivity contribution in [3.63, 3.8) is 0 Å². The van der Waals surface area contributed by atoms with Gasteiger partial charge >= 0.3 is 0 Å². The number of unbranched alkanes of at least 4 members (excludes halogenated alkanes) is 1. The summed E-state index contributed by atoms with van der Waals surface area (Å²) in [6, 6.07) is 22.1. The van der Waals surface area contributed by atoms with E-state index in [2.05, 4.69) is 74.5 Å². The van der Waals surface area contributed by atoms with Crippen molar-refractivity contribution in [2.75, 3.05) is 0 Å². The van der Waals surface area contributed by atoms with Crippen molar-refractivity contribution in [2.45, 2.75) is 51.4 Å². The monoisotopic (exact) mass is 352 g/mol. The van der Waals surface area contributed by atoms with E-state index in [0.29, 0.717) is 0 Å². The summed E-state index contributed by atoms with van der Waals surface area (Å²) in [5, 5.41) is 10.8. The molecule has 0 aromatic heterocycles. The first kappa shape index (κ1) is 23.2. The highest BCUT2D eigenvalue weighted by Crippen LogP contribution is 2.41. The SMILES string of the molecule is CCCCC(CCC)(c1ccccc1)c1ccccc1.N=C=O.N=C=O. The van der Waals surface area contributed by atoms with Gasteiger partial charge in [0.05, 0.1) is 0 Å².